The zero-order valence-corrected chi connectivity index (χ0v) is 16.7. The molecule has 0 bridgehead atoms. The fourth-order valence-electron chi connectivity index (χ4n) is 3.18. The molecule has 0 amide bonds. The Morgan fingerprint density at radius 2 is 1.50 bits per heavy atom. The summed E-state index contributed by atoms with van der Waals surface area (Å²) in [5.74, 6) is -2.87. The van der Waals surface area contributed by atoms with Crippen LogP contribution in [0.3, 0.4) is 0 Å². The number of carboxylic acid groups (broad SMARTS) is 3. The molecule has 1 aromatic carbocycles. The number of carbonyl (C=O) groups is 3. The molecule has 10 heteroatoms. The minimum atomic E-state index is -1.02. The van der Waals surface area contributed by atoms with E-state index in [2.05, 4.69) is 5.32 Å². The number of carboxylic acids is 3. The lowest BCUT2D eigenvalue weighted by Gasteiger charge is -2.28. The predicted octanol–water partition coefficient (Wildman–Crippen LogP) is 0.0344. The summed E-state index contributed by atoms with van der Waals surface area (Å²) in [7, 11) is 0. The standard InChI is InChI=1S/C20H28N4O6/c25-18(26)14-22-7-5-21-6-8-23(15-19(27)28)10-12-24(11-9-22)13-16-3-1-2-4-17(16)20(29)30/h1-4,9,11,21H,5-8,10,12-15H2,(H,25,26)(H,27,28)(H,29,30)/b11-9-. The van der Waals surface area contributed by atoms with Crippen molar-refractivity contribution in [2.75, 3.05) is 52.4 Å². The van der Waals surface area contributed by atoms with Gasteiger partial charge in [-0.15, -0.1) is 0 Å². The lowest BCUT2D eigenvalue weighted by atomic mass is 10.1. The van der Waals surface area contributed by atoms with Gasteiger partial charge >= 0.3 is 17.9 Å². The first-order valence-corrected chi connectivity index (χ1v) is 9.69. The van der Waals surface area contributed by atoms with Crippen molar-refractivity contribution in [3.8, 4) is 0 Å². The van der Waals surface area contributed by atoms with Crippen LogP contribution < -0.4 is 5.32 Å². The zero-order valence-electron chi connectivity index (χ0n) is 16.7. The highest BCUT2D eigenvalue weighted by Gasteiger charge is 2.15. The molecule has 0 atom stereocenters. The molecule has 30 heavy (non-hydrogen) atoms. The monoisotopic (exact) mass is 420 g/mol. The van der Waals surface area contributed by atoms with Crippen molar-refractivity contribution in [2.24, 2.45) is 0 Å². The first-order chi connectivity index (χ1) is 14.3. The number of aromatic carboxylic acids is 1. The summed E-state index contributed by atoms with van der Waals surface area (Å²) in [6, 6.07) is 6.70. The molecule has 164 valence electrons. The molecular formula is C20H28N4O6. The molecule has 1 aromatic rings. The molecule has 1 aliphatic heterocycles. The number of nitrogens with one attached hydrogen (secondary N) is 1. The van der Waals surface area contributed by atoms with Crippen LogP contribution in [0.4, 0.5) is 0 Å². The quantitative estimate of drug-likeness (QED) is 0.479. The van der Waals surface area contributed by atoms with Gasteiger partial charge in [-0.3, -0.25) is 14.5 Å². The summed E-state index contributed by atoms with van der Waals surface area (Å²) in [6.07, 6.45) is 3.42. The third kappa shape index (κ3) is 8.10. The average molecular weight is 420 g/mol. The van der Waals surface area contributed by atoms with Crippen molar-refractivity contribution in [1.82, 2.24) is 20.0 Å². The smallest absolute Gasteiger partial charge is 0.336 e. The minimum absolute atomic E-state index is 0.0872. The summed E-state index contributed by atoms with van der Waals surface area (Å²) in [5.41, 5.74) is 0.823. The lowest BCUT2D eigenvalue weighted by molar-refractivity contribution is -0.139. The predicted molar refractivity (Wildman–Crippen MR) is 109 cm³/mol. The van der Waals surface area contributed by atoms with Gasteiger partial charge in [0.25, 0.3) is 0 Å². The van der Waals surface area contributed by atoms with Crippen molar-refractivity contribution >= 4 is 17.9 Å². The van der Waals surface area contributed by atoms with Gasteiger partial charge in [-0.2, -0.15) is 0 Å². The highest BCUT2D eigenvalue weighted by molar-refractivity contribution is 5.89. The fourth-order valence-corrected chi connectivity index (χ4v) is 3.18. The number of aliphatic carboxylic acids is 2. The third-order valence-electron chi connectivity index (χ3n) is 4.69. The first kappa shape index (κ1) is 23.2. The molecule has 1 heterocycles. The van der Waals surface area contributed by atoms with Crippen LogP contribution in [-0.4, -0.2) is 100 Å². The Kier molecular flexibility index (Phi) is 9.10. The van der Waals surface area contributed by atoms with Crippen LogP contribution in [0, 0.1) is 0 Å². The van der Waals surface area contributed by atoms with Crippen molar-refractivity contribution < 1.29 is 29.7 Å². The Balaban J connectivity index is 2.23. The minimum Gasteiger partial charge on any atom is -0.480 e. The maximum atomic E-state index is 11.5. The first-order valence-electron chi connectivity index (χ1n) is 9.69. The SMILES string of the molecule is O=C(O)CN1/C=C\N(Cc2ccccc2C(=O)O)CCN(CC(=O)O)CCNCC1. The second kappa shape index (κ2) is 11.8. The molecular weight excluding hydrogens is 392 g/mol. The van der Waals surface area contributed by atoms with E-state index in [1.165, 1.54) is 6.07 Å². The zero-order chi connectivity index (χ0) is 21.9. The van der Waals surface area contributed by atoms with E-state index in [1.807, 2.05) is 9.80 Å². The molecule has 0 saturated heterocycles. The van der Waals surface area contributed by atoms with E-state index in [1.54, 1.807) is 35.5 Å². The summed E-state index contributed by atoms with van der Waals surface area (Å²) in [5, 5.41) is 30.9. The summed E-state index contributed by atoms with van der Waals surface area (Å²) in [4.78, 5) is 39.2. The van der Waals surface area contributed by atoms with Crippen molar-refractivity contribution in [3.05, 3.63) is 47.8 Å². The molecule has 2 rings (SSSR count). The number of hydrogen-bond donors (Lipinski definition) is 4. The van der Waals surface area contributed by atoms with Crippen molar-refractivity contribution in [3.63, 3.8) is 0 Å². The largest absolute Gasteiger partial charge is 0.480 e. The molecule has 0 radical (unpaired) electrons. The van der Waals surface area contributed by atoms with Gasteiger partial charge in [-0.1, -0.05) is 18.2 Å². The molecule has 1 aliphatic rings. The van der Waals surface area contributed by atoms with Crippen molar-refractivity contribution in [1.29, 1.82) is 0 Å². The van der Waals surface area contributed by atoms with Crippen LogP contribution in [0.5, 0.6) is 0 Å². The molecule has 0 fully saturated rings. The molecule has 10 nitrogen and oxygen atoms in total. The van der Waals surface area contributed by atoms with Crippen molar-refractivity contribution in [2.45, 2.75) is 6.54 Å². The molecule has 0 unspecified atom stereocenters. The van der Waals surface area contributed by atoms with Crippen LogP contribution in [0.2, 0.25) is 0 Å². The van der Waals surface area contributed by atoms with Crippen LogP contribution in [0.1, 0.15) is 15.9 Å². The van der Waals surface area contributed by atoms with Gasteiger partial charge in [0.15, 0.2) is 0 Å². The molecule has 0 spiro atoms. The van der Waals surface area contributed by atoms with Crippen LogP contribution >= 0.6 is 0 Å². The highest BCUT2D eigenvalue weighted by Crippen LogP contribution is 2.13. The van der Waals surface area contributed by atoms with Gasteiger partial charge < -0.3 is 30.4 Å². The topological polar surface area (TPSA) is 134 Å². The lowest BCUT2D eigenvalue weighted by Crippen LogP contribution is -2.42. The Hall–Kier alpha value is -3.11. The Labute approximate surface area is 175 Å². The summed E-state index contributed by atoms with van der Waals surface area (Å²) in [6.45, 7) is 3.14. The number of nitrogens with zero attached hydrogens (tertiary/aromatic N) is 3. The molecule has 0 saturated carbocycles. The number of rotatable bonds is 7. The highest BCUT2D eigenvalue weighted by atomic mass is 16.4. The Morgan fingerprint density at radius 1 is 0.833 bits per heavy atom. The summed E-state index contributed by atoms with van der Waals surface area (Å²) < 4.78 is 0. The van der Waals surface area contributed by atoms with Crippen LogP contribution in [0.15, 0.2) is 36.7 Å². The van der Waals surface area contributed by atoms with E-state index in [9.17, 15) is 19.5 Å². The van der Waals surface area contributed by atoms with Gasteiger partial charge in [-0.05, 0) is 11.6 Å². The maximum Gasteiger partial charge on any atom is 0.336 e. The average Bonchev–Trinajstić information content (AvgIpc) is 2.67. The maximum absolute atomic E-state index is 11.5. The molecule has 4 N–H and O–H groups in total. The number of benzene rings is 1. The normalized spacial score (nSPS) is 17.6. The van der Waals surface area contributed by atoms with E-state index >= 15 is 0 Å². The Morgan fingerprint density at radius 3 is 2.20 bits per heavy atom. The van der Waals surface area contributed by atoms with Gasteiger partial charge in [0.2, 0.25) is 0 Å². The van der Waals surface area contributed by atoms with Gasteiger partial charge in [0, 0.05) is 58.2 Å². The molecule has 0 aliphatic carbocycles. The van der Waals surface area contributed by atoms with Crippen LogP contribution in [0.25, 0.3) is 0 Å². The van der Waals surface area contributed by atoms with E-state index in [4.69, 9.17) is 10.2 Å². The molecule has 0 aromatic heterocycles. The van der Waals surface area contributed by atoms with E-state index in [0.29, 0.717) is 51.4 Å². The van der Waals surface area contributed by atoms with Gasteiger partial charge in [0.05, 0.1) is 12.1 Å². The second-order valence-corrected chi connectivity index (χ2v) is 7.02. The Bertz CT molecular complexity index is 769. The van der Waals surface area contributed by atoms with Gasteiger partial charge in [-0.25, -0.2) is 4.79 Å². The third-order valence-corrected chi connectivity index (χ3v) is 4.69. The van der Waals surface area contributed by atoms with E-state index in [-0.39, 0.29) is 18.7 Å². The summed E-state index contributed by atoms with van der Waals surface area (Å²) >= 11 is 0. The second-order valence-electron chi connectivity index (χ2n) is 7.02. The van der Waals surface area contributed by atoms with E-state index in [0.717, 1.165) is 0 Å². The van der Waals surface area contributed by atoms with Crippen LogP contribution in [-0.2, 0) is 16.1 Å². The number of hydrogen-bond acceptors (Lipinski definition) is 7. The van der Waals surface area contributed by atoms with Gasteiger partial charge in [0.1, 0.15) is 6.54 Å². The van der Waals surface area contributed by atoms with E-state index < -0.39 is 17.9 Å². The fraction of sp³-hybridized carbons (Fsp3) is 0.450.